The van der Waals surface area contributed by atoms with E-state index < -0.39 is 5.41 Å². The van der Waals surface area contributed by atoms with Crippen molar-refractivity contribution >= 4 is 17.3 Å². The molecule has 1 heterocycles. The van der Waals surface area contributed by atoms with Crippen molar-refractivity contribution < 1.29 is 9.53 Å². The summed E-state index contributed by atoms with van der Waals surface area (Å²) < 4.78 is 4.72. The van der Waals surface area contributed by atoms with Crippen molar-refractivity contribution in [2.24, 2.45) is 11.1 Å². The molecule has 2 N–H and O–H groups in total. The number of hydrogen-bond donors (Lipinski definition) is 1. The summed E-state index contributed by atoms with van der Waals surface area (Å²) in [7, 11) is 1.38. The molecule has 1 aromatic heterocycles. The molecule has 0 saturated heterocycles. The molecule has 14 heavy (non-hydrogen) atoms. The molecular weight excluding hydrogens is 198 g/mol. The highest BCUT2D eigenvalue weighted by molar-refractivity contribution is 7.07. The van der Waals surface area contributed by atoms with Gasteiger partial charge in [0, 0.05) is 6.04 Å². The summed E-state index contributed by atoms with van der Waals surface area (Å²) in [6, 6.07) is 1.61. The van der Waals surface area contributed by atoms with Crippen molar-refractivity contribution in [1.82, 2.24) is 0 Å². The predicted octanol–water partition coefficient (Wildman–Crippen LogP) is 1.95. The lowest BCUT2D eigenvalue weighted by atomic mass is 9.82. The molecule has 0 spiro atoms. The molecule has 1 rings (SSSR count). The standard InChI is InChI=1S/C10H15NO2S/c1-10(2,9(12)13-3)8(11)7-4-5-14-6-7/h4-6,8H,11H2,1-3H3/t8-/m1/s1. The van der Waals surface area contributed by atoms with E-state index in [9.17, 15) is 4.79 Å². The molecule has 0 radical (unpaired) electrons. The van der Waals surface area contributed by atoms with E-state index in [-0.39, 0.29) is 12.0 Å². The Kier molecular flexibility index (Phi) is 3.29. The van der Waals surface area contributed by atoms with E-state index in [0.29, 0.717) is 0 Å². The van der Waals surface area contributed by atoms with E-state index in [1.54, 1.807) is 25.2 Å². The molecule has 0 amide bonds. The third-order valence-corrected chi connectivity index (χ3v) is 3.09. The molecule has 0 aromatic carbocycles. The lowest BCUT2D eigenvalue weighted by molar-refractivity contribution is -0.152. The Morgan fingerprint density at radius 1 is 1.64 bits per heavy atom. The van der Waals surface area contributed by atoms with Gasteiger partial charge in [0.25, 0.3) is 0 Å². The molecule has 0 unspecified atom stereocenters. The minimum Gasteiger partial charge on any atom is -0.469 e. The van der Waals surface area contributed by atoms with Crippen LogP contribution < -0.4 is 5.73 Å². The maximum atomic E-state index is 11.5. The lowest BCUT2D eigenvalue weighted by Gasteiger charge is -2.28. The third kappa shape index (κ3) is 1.96. The molecule has 3 nitrogen and oxygen atoms in total. The highest BCUT2D eigenvalue weighted by Gasteiger charge is 2.36. The monoisotopic (exact) mass is 213 g/mol. The van der Waals surface area contributed by atoms with E-state index in [1.165, 1.54) is 7.11 Å². The van der Waals surface area contributed by atoms with Gasteiger partial charge in [-0.1, -0.05) is 0 Å². The molecule has 1 atom stereocenters. The zero-order chi connectivity index (χ0) is 10.8. The number of thiophene rings is 1. The Bertz CT molecular complexity index is 306. The first kappa shape index (κ1) is 11.2. The maximum Gasteiger partial charge on any atom is 0.313 e. The topological polar surface area (TPSA) is 52.3 Å². The largest absolute Gasteiger partial charge is 0.469 e. The Morgan fingerprint density at radius 2 is 2.29 bits per heavy atom. The Hall–Kier alpha value is -0.870. The van der Waals surface area contributed by atoms with Crippen LogP contribution in [0, 0.1) is 5.41 Å². The van der Waals surface area contributed by atoms with Crippen LogP contribution >= 0.6 is 11.3 Å². The Balaban J connectivity index is 2.88. The van der Waals surface area contributed by atoms with E-state index in [0.717, 1.165) is 5.56 Å². The quantitative estimate of drug-likeness (QED) is 0.781. The van der Waals surface area contributed by atoms with Gasteiger partial charge < -0.3 is 10.5 Å². The molecule has 0 aliphatic heterocycles. The summed E-state index contributed by atoms with van der Waals surface area (Å²) in [5.74, 6) is -0.281. The van der Waals surface area contributed by atoms with Crippen LogP contribution in [0.2, 0.25) is 0 Å². The molecule has 0 fully saturated rings. The molecule has 78 valence electrons. The van der Waals surface area contributed by atoms with Crippen LogP contribution in [-0.2, 0) is 9.53 Å². The van der Waals surface area contributed by atoms with Crippen LogP contribution in [0.1, 0.15) is 25.5 Å². The van der Waals surface area contributed by atoms with E-state index in [2.05, 4.69) is 0 Å². The summed E-state index contributed by atoms with van der Waals surface area (Å²) in [5, 5.41) is 3.90. The number of esters is 1. The van der Waals surface area contributed by atoms with Crippen LogP contribution in [0.3, 0.4) is 0 Å². The average molecular weight is 213 g/mol. The molecule has 0 bridgehead atoms. The van der Waals surface area contributed by atoms with E-state index in [4.69, 9.17) is 10.5 Å². The van der Waals surface area contributed by atoms with Crippen LogP contribution in [0.4, 0.5) is 0 Å². The minimum atomic E-state index is -0.685. The van der Waals surface area contributed by atoms with Gasteiger partial charge in [0.1, 0.15) is 0 Å². The maximum absolute atomic E-state index is 11.5. The van der Waals surface area contributed by atoms with Crippen LogP contribution in [0.5, 0.6) is 0 Å². The highest BCUT2D eigenvalue weighted by atomic mass is 32.1. The second-order valence-electron chi connectivity index (χ2n) is 3.75. The number of nitrogens with two attached hydrogens (primary N) is 1. The number of methoxy groups -OCH3 is 1. The summed E-state index contributed by atoms with van der Waals surface area (Å²) in [6.45, 7) is 3.59. The number of carbonyl (C=O) groups is 1. The van der Waals surface area contributed by atoms with Crippen molar-refractivity contribution in [3.8, 4) is 0 Å². The number of rotatable bonds is 3. The number of ether oxygens (including phenoxy) is 1. The average Bonchev–Trinajstić information content (AvgIpc) is 2.67. The first-order valence-corrected chi connectivity index (χ1v) is 5.30. The fourth-order valence-corrected chi connectivity index (χ4v) is 1.96. The molecule has 1 aromatic rings. The summed E-state index contributed by atoms with van der Waals surface area (Å²) in [4.78, 5) is 11.5. The molecule has 4 heteroatoms. The second kappa shape index (κ2) is 4.11. The van der Waals surface area contributed by atoms with E-state index >= 15 is 0 Å². The number of hydrogen-bond acceptors (Lipinski definition) is 4. The summed E-state index contributed by atoms with van der Waals surface area (Å²) >= 11 is 1.57. The fraction of sp³-hybridized carbons (Fsp3) is 0.500. The van der Waals surface area contributed by atoms with Crippen molar-refractivity contribution in [3.05, 3.63) is 22.4 Å². The lowest BCUT2D eigenvalue weighted by Crippen LogP contribution is -2.37. The van der Waals surface area contributed by atoms with Crippen LogP contribution in [0.25, 0.3) is 0 Å². The van der Waals surface area contributed by atoms with Gasteiger partial charge in [-0.3, -0.25) is 4.79 Å². The van der Waals surface area contributed by atoms with Crippen LogP contribution in [0.15, 0.2) is 16.8 Å². The highest BCUT2D eigenvalue weighted by Crippen LogP contribution is 2.33. The molecule has 0 aliphatic carbocycles. The normalized spacial score (nSPS) is 13.7. The van der Waals surface area contributed by atoms with Gasteiger partial charge in [-0.05, 0) is 36.2 Å². The van der Waals surface area contributed by atoms with Crippen molar-refractivity contribution in [3.63, 3.8) is 0 Å². The molecule has 0 aliphatic rings. The second-order valence-corrected chi connectivity index (χ2v) is 4.53. The SMILES string of the molecule is COC(=O)C(C)(C)[C@H](N)c1ccsc1. The van der Waals surface area contributed by atoms with Crippen LogP contribution in [-0.4, -0.2) is 13.1 Å². The Labute approximate surface area is 87.9 Å². The van der Waals surface area contributed by atoms with Gasteiger partial charge in [0.15, 0.2) is 0 Å². The van der Waals surface area contributed by atoms with Gasteiger partial charge in [0.2, 0.25) is 0 Å². The van der Waals surface area contributed by atoms with Gasteiger partial charge >= 0.3 is 5.97 Å². The van der Waals surface area contributed by atoms with Gasteiger partial charge in [-0.25, -0.2) is 0 Å². The van der Waals surface area contributed by atoms with Gasteiger partial charge in [-0.15, -0.1) is 0 Å². The number of carbonyl (C=O) groups excluding carboxylic acids is 1. The van der Waals surface area contributed by atoms with E-state index in [1.807, 2.05) is 16.8 Å². The smallest absolute Gasteiger partial charge is 0.313 e. The van der Waals surface area contributed by atoms with Crippen molar-refractivity contribution in [2.45, 2.75) is 19.9 Å². The third-order valence-electron chi connectivity index (χ3n) is 2.39. The molecular formula is C10H15NO2S. The molecule has 0 saturated carbocycles. The summed E-state index contributed by atoms with van der Waals surface area (Å²) in [6.07, 6.45) is 0. The first-order valence-electron chi connectivity index (χ1n) is 4.36. The van der Waals surface area contributed by atoms with Crippen molar-refractivity contribution in [1.29, 1.82) is 0 Å². The van der Waals surface area contributed by atoms with Gasteiger partial charge in [-0.2, -0.15) is 11.3 Å². The summed E-state index contributed by atoms with van der Waals surface area (Å²) in [5.41, 5.74) is 6.29. The van der Waals surface area contributed by atoms with Crippen molar-refractivity contribution in [2.75, 3.05) is 7.11 Å². The fourth-order valence-electron chi connectivity index (χ4n) is 1.26. The Morgan fingerprint density at radius 3 is 2.71 bits per heavy atom. The van der Waals surface area contributed by atoms with Gasteiger partial charge in [0.05, 0.1) is 12.5 Å². The predicted molar refractivity (Wildman–Crippen MR) is 57.0 cm³/mol. The zero-order valence-electron chi connectivity index (χ0n) is 8.61. The zero-order valence-corrected chi connectivity index (χ0v) is 9.43. The minimum absolute atomic E-state index is 0.281. The first-order chi connectivity index (χ1) is 6.50.